The molecule has 1 atom stereocenters. The lowest BCUT2D eigenvalue weighted by Crippen LogP contribution is -2.29. The average Bonchev–Trinajstić information content (AvgIpc) is 3.29. The monoisotopic (exact) mass is 394 g/mol. The van der Waals surface area contributed by atoms with E-state index in [2.05, 4.69) is 4.98 Å². The highest BCUT2D eigenvalue weighted by Crippen LogP contribution is 2.42. The molecule has 2 aromatic carbocycles. The number of rotatable bonds is 2. The number of benzene rings is 2. The van der Waals surface area contributed by atoms with Crippen LogP contribution < -0.4 is 10.3 Å². The van der Waals surface area contributed by atoms with Crippen LogP contribution >= 0.6 is 22.9 Å². The van der Waals surface area contributed by atoms with Crippen molar-refractivity contribution in [3.05, 3.63) is 92.2 Å². The molecule has 1 aliphatic rings. The van der Waals surface area contributed by atoms with E-state index >= 15 is 0 Å². The van der Waals surface area contributed by atoms with Crippen LogP contribution in [-0.2, 0) is 0 Å². The summed E-state index contributed by atoms with van der Waals surface area (Å²) in [4.78, 5) is 32.2. The van der Waals surface area contributed by atoms with Gasteiger partial charge in [-0.2, -0.15) is 0 Å². The van der Waals surface area contributed by atoms with Gasteiger partial charge in [0.1, 0.15) is 5.58 Å². The highest BCUT2D eigenvalue weighted by Gasteiger charge is 2.44. The van der Waals surface area contributed by atoms with Gasteiger partial charge in [-0.05, 0) is 29.8 Å². The second kappa shape index (κ2) is 6.04. The van der Waals surface area contributed by atoms with Gasteiger partial charge in [0.2, 0.25) is 5.76 Å². The Hall–Kier alpha value is -2.96. The fraction of sp³-hybridized carbons (Fsp3) is 0.0500. The van der Waals surface area contributed by atoms with E-state index < -0.39 is 6.04 Å². The smallest absolute Gasteiger partial charge is 0.297 e. The molecule has 2 aromatic heterocycles. The third-order valence-electron chi connectivity index (χ3n) is 4.57. The number of nitrogens with zero attached hydrogens (tertiary/aromatic N) is 2. The van der Waals surface area contributed by atoms with Gasteiger partial charge in [-0.25, -0.2) is 4.98 Å². The molecular weight excluding hydrogens is 384 g/mol. The van der Waals surface area contributed by atoms with Crippen LogP contribution in [0.15, 0.2) is 69.3 Å². The number of amides is 1. The molecule has 0 saturated carbocycles. The van der Waals surface area contributed by atoms with Crippen molar-refractivity contribution in [2.24, 2.45) is 0 Å². The Morgan fingerprint density at radius 1 is 1.11 bits per heavy atom. The summed E-state index contributed by atoms with van der Waals surface area (Å²) in [7, 11) is 0. The molecule has 0 bridgehead atoms. The number of halogens is 1. The summed E-state index contributed by atoms with van der Waals surface area (Å²) in [6.45, 7) is 0. The first-order valence-corrected chi connectivity index (χ1v) is 9.45. The SMILES string of the molecule is O=C1c2oc3ccccc3c(=O)c2[C@H](c2cccc(Cl)c2)N1c1nccs1. The molecule has 0 saturated heterocycles. The normalized spacial score (nSPS) is 16.1. The highest BCUT2D eigenvalue weighted by molar-refractivity contribution is 7.13. The molecule has 0 fully saturated rings. The third kappa shape index (κ3) is 2.41. The Morgan fingerprint density at radius 2 is 1.96 bits per heavy atom. The van der Waals surface area contributed by atoms with Gasteiger partial charge in [0.15, 0.2) is 10.6 Å². The minimum atomic E-state index is -0.641. The summed E-state index contributed by atoms with van der Waals surface area (Å²) >= 11 is 7.50. The van der Waals surface area contributed by atoms with Gasteiger partial charge in [-0.15, -0.1) is 11.3 Å². The fourth-order valence-electron chi connectivity index (χ4n) is 3.44. The summed E-state index contributed by atoms with van der Waals surface area (Å²) in [6.07, 6.45) is 1.62. The van der Waals surface area contributed by atoms with Gasteiger partial charge in [-0.3, -0.25) is 14.5 Å². The molecule has 0 aliphatic carbocycles. The van der Waals surface area contributed by atoms with Crippen molar-refractivity contribution in [1.82, 2.24) is 4.98 Å². The van der Waals surface area contributed by atoms with Gasteiger partial charge in [0, 0.05) is 16.6 Å². The van der Waals surface area contributed by atoms with Crippen LogP contribution in [0.5, 0.6) is 0 Å². The first kappa shape index (κ1) is 16.2. The summed E-state index contributed by atoms with van der Waals surface area (Å²) in [6, 6.07) is 13.4. The largest absolute Gasteiger partial charge is 0.450 e. The number of thiazole rings is 1. The number of para-hydroxylation sites is 1. The lowest BCUT2D eigenvalue weighted by Gasteiger charge is -2.22. The Bertz CT molecular complexity index is 1250. The molecule has 4 aromatic rings. The Labute approximate surface area is 162 Å². The predicted molar refractivity (Wildman–Crippen MR) is 105 cm³/mol. The van der Waals surface area contributed by atoms with Gasteiger partial charge in [0.05, 0.1) is 17.0 Å². The average molecular weight is 395 g/mol. The lowest BCUT2D eigenvalue weighted by molar-refractivity contribution is 0.0971. The zero-order valence-electron chi connectivity index (χ0n) is 13.8. The molecule has 5 rings (SSSR count). The minimum absolute atomic E-state index is 0.0545. The first-order valence-electron chi connectivity index (χ1n) is 8.19. The fourth-order valence-corrected chi connectivity index (χ4v) is 4.31. The van der Waals surface area contributed by atoms with Gasteiger partial charge in [0.25, 0.3) is 5.91 Å². The molecule has 27 heavy (non-hydrogen) atoms. The zero-order chi connectivity index (χ0) is 18.5. The summed E-state index contributed by atoms with van der Waals surface area (Å²) in [5, 5.41) is 3.25. The maximum Gasteiger partial charge on any atom is 0.297 e. The van der Waals surface area contributed by atoms with Crippen molar-refractivity contribution in [3.8, 4) is 0 Å². The van der Waals surface area contributed by atoms with E-state index in [1.54, 1.807) is 54.0 Å². The Kier molecular flexibility index (Phi) is 3.63. The molecule has 0 N–H and O–H groups in total. The lowest BCUT2D eigenvalue weighted by atomic mass is 9.99. The van der Waals surface area contributed by atoms with E-state index in [4.69, 9.17) is 16.0 Å². The van der Waals surface area contributed by atoms with Gasteiger partial charge < -0.3 is 4.42 Å². The van der Waals surface area contributed by atoms with Crippen molar-refractivity contribution in [3.63, 3.8) is 0 Å². The Balaban J connectivity index is 1.85. The van der Waals surface area contributed by atoms with E-state index in [1.165, 1.54) is 16.2 Å². The second-order valence-corrected chi connectivity index (χ2v) is 7.43. The first-order chi connectivity index (χ1) is 13.1. The van der Waals surface area contributed by atoms with E-state index in [-0.39, 0.29) is 17.1 Å². The van der Waals surface area contributed by atoms with Crippen LogP contribution in [0.3, 0.4) is 0 Å². The number of carbonyl (C=O) groups is 1. The van der Waals surface area contributed by atoms with Crippen LogP contribution in [0.25, 0.3) is 11.0 Å². The number of fused-ring (bicyclic) bond motifs is 2. The molecule has 132 valence electrons. The third-order valence-corrected chi connectivity index (χ3v) is 5.57. The molecule has 5 nitrogen and oxygen atoms in total. The van der Waals surface area contributed by atoms with E-state index in [0.717, 1.165) is 5.56 Å². The second-order valence-electron chi connectivity index (χ2n) is 6.12. The molecule has 0 unspecified atom stereocenters. The van der Waals surface area contributed by atoms with Gasteiger partial charge in [-0.1, -0.05) is 35.9 Å². The molecule has 3 heterocycles. The quantitative estimate of drug-likeness (QED) is 0.496. The number of hydrogen-bond donors (Lipinski definition) is 0. The number of anilines is 1. The summed E-state index contributed by atoms with van der Waals surface area (Å²) < 4.78 is 5.86. The topological polar surface area (TPSA) is 63.4 Å². The molecular formula is C20H11ClN2O3S. The van der Waals surface area contributed by atoms with Crippen LogP contribution in [0.4, 0.5) is 5.13 Å². The van der Waals surface area contributed by atoms with Crippen LogP contribution in [0, 0.1) is 0 Å². The van der Waals surface area contributed by atoms with Crippen LogP contribution in [0.2, 0.25) is 5.02 Å². The summed E-state index contributed by atoms with van der Waals surface area (Å²) in [5.41, 5.74) is 1.22. The Morgan fingerprint density at radius 3 is 2.74 bits per heavy atom. The van der Waals surface area contributed by atoms with Crippen LogP contribution in [-0.4, -0.2) is 10.9 Å². The number of aromatic nitrogens is 1. The number of carbonyl (C=O) groups excluding carboxylic acids is 1. The van der Waals surface area contributed by atoms with Crippen molar-refractivity contribution >= 4 is 44.9 Å². The maximum absolute atomic E-state index is 13.3. The predicted octanol–water partition coefficient (Wildman–Crippen LogP) is 4.65. The summed E-state index contributed by atoms with van der Waals surface area (Å²) in [5.74, 6) is -0.327. The number of hydrogen-bond acceptors (Lipinski definition) is 5. The molecule has 0 spiro atoms. The molecule has 0 radical (unpaired) electrons. The molecule has 7 heteroatoms. The maximum atomic E-state index is 13.3. The molecule has 1 amide bonds. The van der Waals surface area contributed by atoms with Crippen molar-refractivity contribution in [2.45, 2.75) is 6.04 Å². The zero-order valence-corrected chi connectivity index (χ0v) is 15.3. The van der Waals surface area contributed by atoms with Crippen LogP contribution in [0.1, 0.15) is 27.7 Å². The van der Waals surface area contributed by atoms with Gasteiger partial charge >= 0.3 is 0 Å². The van der Waals surface area contributed by atoms with E-state index in [0.29, 0.717) is 26.7 Å². The van der Waals surface area contributed by atoms with E-state index in [9.17, 15) is 9.59 Å². The van der Waals surface area contributed by atoms with Crippen molar-refractivity contribution < 1.29 is 9.21 Å². The minimum Gasteiger partial charge on any atom is -0.450 e. The van der Waals surface area contributed by atoms with Crippen molar-refractivity contribution in [1.29, 1.82) is 0 Å². The standard InChI is InChI=1S/C20H11ClN2O3S/c21-12-5-3-4-11(10-12)16-15-17(24)13-6-1-2-7-14(13)26-18(15)19(25)23(16)20-22-8-9-27-20/h1-10,16H/t16-/m0/s1. The molecule has 1 aliphatic heterocycles. The highest BCUT2D eigenvalue weighted by atomic mass is 35.5. The van der Waals surface area contributed by atoms with Crippen molar-refractivity contribution in [2.75, 3.05) is 4.90 Å². The van der Waals surface area contributed by atoms with E-state index in [1.807, 2.05) is 6.07 Å².